The molecule has 1 aliphatic heterocycles. The van der Waals surface area contributed by atoms with Gasteiger partial charge >= 0.3 is 11.9 Å². The summed E-state index contributed by atoms with van der Waals surface area (Å²) in [5.74, 6) is -1.92. The number of hydrogen-bond acceptors (Lipinski definition) is 7. The van der Waals surface area contributed by atoms with E-state index < -0.39 is 42.6 Å². The molecule has 9 nitrogen and oxygen atoms in total. The van der Waals surface area contributed by atoms with E-state index in [2.05, 4.69) is 0 Å². The summed E-state index contributed by atoms with van der Waals surface area (Å²) < 4.78 is 10.5. The van der Waals surface area contributed by atoms with Crippen molar-refractivity contribution in [3.05, 3.63) is 29.8 Å². The second-order valence-electron chi connectivity index (χ2n) is 6.80. The summed E-state index contributed by atoms with van der Waals surface area (Å²) in [5, 5.41) is 47.0. The lowest BCUT2D eigenvalue weighted by molar-refractivity contribution is -0.271. The fraction of sp³-hybridized carbons (Fsp3) is 0.579. The van der Waals surface area contributed by atoms with Gasteiger partial charge in [0, 0.05) is 6.42 Å². The van der Waals surface area contributed by atoms with Crippen LogP contribution in [0.25, 0.3) is 0 Å². The van der Waals surface area contributed by atoms with Crippen LogP contribution in [-0.2, 0) is 20.7 Å². The normalized spacial score (nSPS) is 27.3. The van der Waals surface area contributed by atoms with E-state index in [-0.39, 0.29) is 6.42 Å². The number of unbranched alkanes of at least 4 members (excludes halogenated alkanes) is 3. The molecule has 0 aromatic heterocycles. The van der Waals surface area contributed by atoms with Crippen molar-refractivity contribution in [1.82, 2.24) is 0 Å². The van der Waals surface area contributed by atoms with Crippen molar-refractivity contribution < 1.29 is 44.6 Å². The van der Waals surface area contributed by atoms with E-state index in [1.165, 1.54) is 0 Å². The third kappa shape index (κ3) is 6.16. The van der Waals surface area contributed by atoms with Crippen LogP contribution in [-0.4, -0.2) is 68.2 Å². The Kier molecular flexibility index (Phi) is 8.18. The van der Waals surface area contributed by atoms with Gasteiger partial charge in [-0.05, 0) is 37.0 Å². The lowest BCUT2D eigenvalue weighted by Gasteiger charge is -2.38. The molecule has 0 spiro atoms. The summed E-state index contributed by atoms with van der Waals surface area (Å²) in [6, 6.07) is 6.93. The number of aryl methyl sites for hydroxylation is 1. The zero-order valence-corrected chi connectivity index (χ0v) is 15.3. The largest absolute Gasteiger partial charge is 0.481 e. The molecule has 0 radical (unpaired) electrons. The molecule has 0 amide bonds. The number of aliphatic hydroxyl groups excluding tert-OH is 3. The molecule has 5 atom stereocenters. The number of rotatable bonds is 10. The molecule has 156 valence electrons. The molecule has 1 fully saturated rings. The molecule has 1 aromatic rings. The van der Waals surface area contributed by atoms with Crippen molar-refractivity contribution in [1.29, 1.82) is 0 Å². The summed E-state index contributed by atoms with van der Waals surface area (Å²) in [4.78, 5) is 21.5. The van der Waals surface area contributed by atoms with Crippen LogP contribution in [0.15, 0.2) is 24.3 Å². The average molecular weight is 398 g/mol. The molecule has 9 heteroatoms. The first kappa shape index (κ1) is 22.1. The number of carboxylic acids is 2. The SMILES string of the molecule is O=C(O)CCCCCCc1ccc(O[C@@H]2O[C@H](C(=O)O)[C@@H](O)[C@H](O)[C@H]2O)cc1. The van der Waals surface area contributed by atoms with Gasteiger partial charge in [0.1, 0.15) is 24.1 Å². The third-order valence-corrected chi connectivity index (χ3v) is 4.59. The van der Waals surface area contributed by atoms with Crippen LogP contribution in [0.1, 0.15) is 37.7 Å². The van der Waals surface area contributed by atoms with Gasteiger partial charge < -0.3 is 35.0 Å². The van der Waals surface area contributed by atoms with Gasteiger partial charge in [0.25, 0.3) is 0 Å². The Morgan fingerprint density at radius 2 is 1.54 bits per heavy atom. The first-order valence-electron chi connectivity index (χ1n) is 9.19. The number of hydrogen-bond donors (Lipinski definition) is 5. The highest BCUT2D eigenvalue weighted by molar-refractivity contribution is 5.73. The first-order valence-corrected chi connectivity index (χ1v) is 9.19. The van der Waals surface area contributed by atoms with Crippen molar-refractivity contribution in [2.45, 2.75) is 69.2 Å². The predicted molar refractivity (Wildman–Crippen MR) is 95.8 cm³/mol. The molecule has 1 saturated heterocycles. The van der Waals surface area contributed by atoms with Crippen LogP contribution < -0.4 is 4.74 Å². The number of aliphatic carboxylic acids is 2. The van der Waals surface area contributed by atoms with Gasteiger partial charge in [-0.3, -0.25) is 4.79 Å². The minimum absolute atomic E-state index is 0.190. The van der Waals surface area contributed by atoms with E-state index in [1.807, 2.05) is 12.1 Å². The van der Waals surface area contributed by atoms with E-state index in [1.54, 1.807) is 12.1 Å². The Balaban J connectivity index is 1.82. The van der Waals surface area contributed by atoms with Gasteiger partial charge in [-0.25, -0.2) is 4.79 Å². The van der Waals surface area contributed by atoms with E-state index in [9.17, 15) is 24.9 Å². The van der Waals surface area contributed by atoms with Gasteiger partial charge in [0.2, 0.25) is 6.29 Å². The lowest BCUT2D eigenvalue weighted by Crippen LogP contribution is -2.61. The van der Waals surface area contributed by atoms with Crippen molar-refractivity contribution in [3.63, 3.8) is 0 Å². The van der Waals surface area contributed by atoms with Crippen LogP contribution in [0.4, 0.5) is 0 Å². The smallest absolute Gasteiger partial charge is 0.335 e. The molecule has 0 aliphatic carbocycles. The number of ether oxygens (including phenoxy) is 2. The fourth-order valence-electron chi connectivity index (χ4n) is 2.98. The van der Waals surface area contributed by atoms with Gasteiger partial charge in [-0.1, -0.05) is 25.0 Å². The molecule has 1 aliphatic rings. The number of aliphatic hydroxyl groups is 3. The summed E-state index contributed by atoms with van der Waals surface area (Å²) in [5.41, 5.74) is 1.05. The monoisotopic (exact) mass is 398 g/mol. The Morgan fingerprint density at radius 3 is 2.14 bits per heavy atom. The zero-order valence-electron chi connectivity index (χ0n) is 15.3. The highest BCUT2D eigenvalue weighted by Gasteiger charge is 2.48. The first-order chi connectivity index (χ1) is 13.3. The van der Waals surface area contributed by atoms with Crippen molar-refractivity contribution in [2.75, 3.05) is 0 Å². The van der Waals surface area contributed by atoms with Gasteiger partial charge in [-0.15, -0.1) is 0 Å². The third-order valence-electron chi connectivity index (χ3n) is 4.59. The number of benzene rings is 1. The van der Waals surface area contributed by atoms with Gasteiger partial charge in [0.05, 0.1) is 0 Å². The Hall–Kier alpha value is -2.20. The minimum Gasteiger partial charge on any atom is -0.481 e. The van der Waals surface area contributed by atoms with Crippen molar-refractivity contribution >= 4 is 11.9 Å². The van der Waals surface area contributed by atoms with Crippen molar-refractivity contribution in [3.8, 4) is 5.75 Å². The van der Waals surface area contributed by atoms with Crippen LogP contribution >= 0.6 is 0 Å². The Bertz CT molecular complexity index is 645. The maximum absolute atomic E-state index is 11.1. The van der Waals surface area contributed by atoms with Crippen LogP contribution in [0.5, 0.6) is 5.75 Å². The summed E-state index contributed by atoms with van der Waals surface area (Å²) in [7, 11) is 0. The number of carboxylic acid groups (broad SMARTS) is 2. The quantitative estimate of drug-likeness (QED) is 0.355. The Labute approximate surface area is 162 Å². The minimum atomic E-state index is -1.76. The molecule has 1 aromatic carbocycles. The maximum Gasteiger partial charge on any atom is 0.335 e. The van der Waals surface area contributed by atoms with Gasteiger partial charge in [0.15, 0.2) is 6.10 Å². The summed E-state index contributed by atoms with van der Waals surface area (Å²) >= 11 is 0. The molecule has 0 bridgehead atoms. The molecule has 5 N–H and O–H groups in total. The zero-order chi connectivity index (χ0) is 20.7. The molecule has 0 saturated carbocycles. The highest BCUT2D eigenvalue weighted by atomic mass is 16.7. The molecule has 28 heavy (non-hydrogen) atoms. The molecular weight excluding hydrogens is 372 g/mol. The highest BCUT2D eigenvalue weighted by Crippen LogP contribution is 2.25. The molecular formula is C19H26O9. The molecule has 0 unspecified atom stereocenters. The summed E-state index contributed by atoms with van der Waals surface area (Å²) in [6.07, 6.45) is -3.80. The van der Waals surface area contributed by atoms with Crippen molar-refractivity contribution in [2.24, 2.45) is 0 Å². The summed E-state index contributed by atoms with van der Waals surface area (Å²) in [6.45, 7) is 0. The van der Waals surface area contributed by atoms with E-state index >= 15 is 0 Å². The van der Waals surface area contributed by atoms with Crippen LogP contribution in [0.3, 0.4) is 0 Å². The second kappa shape index (κ2) is 10.4. The lowest BCUT2D eigenvalue weighted by atomic mass is 9.99. The van der Waals surface area contributed by atoms with E-state index in [4.69, 9.17) is 19.7 Å². The van der Waals surface area contributed by atoms with E-state index in [0.29, 0.717) is 12.2 Å². The average Bonchev–Trinajstić information content (AvgIpc) is 2.65. The molecule has 2 rings (SSSR count). The standard InChI is InChI=1S/C19H26O9/c20-13(21)6-4-2-1-3-5-11-7-9-12(10-8-11)27-19-16(24)14(22)15(23)17(28-19)18(25)26/h7-10,14-17,19,22-24H,1-6H2,(H,20,21)(H,25,26)/t14-,15-,16+,17-,19+/m0/s1. The number of carbonyl (C=O) groups is 2. The maximum atomic E-state index is 11.1. The fourth-order valence-corrected chi connectivity index (χ4v) is 2.98. The van der Waals surface area contributed by atoms with Crippen LogP contribution in [0, 0.1) is 0 Å². The topological polar surface area (TPSA) is 154 Å². The van der Waals surface area contributed by atoms with Crippen LogP contribution in [0.2, 0.25) is 0 Å². The molecule has 1 heterocycles. The van der Waals surface area contributed by atoms with E-state index in [0.717, 1.165) is 31.2 Å². The second-order valence-corrected chi connectivity index (χ2v) is 6.80. The van der Waals surface area contributed by atoms with Gasteiger partial charge in [-0.2, -0.15) is 0 Å². The predicted octanol–water partition coefficient (Wildman–Crippen LogP) is 0.535. The Morgan fingerprint density at radius 1 is 0.893 bits per heavy atom.